The van der Waals surface area contributed by atoms with Gasteiger partial charge in [0.25, 0.3) is 0 Å². The van der Waals surface area contributed by atoms with Gasteiger partial charge in [0.15, 0.2) is 0 Å². The van der Waals surface area contributed by atoms with Crippen molar-refractivity contribution in [3.05, 3.63) is 65.5 Å². The Labute approximate surface area is 137 Å². The van der Waals surface area contributed by atoms with Crippen LogP contribution in [0.4, 0.5) is 0 Å². The van der Waals surface area contributed by atoms with Crippen LogP contribution in [-0.2, 0) is 4.79 Å². The Morgan fingerprint density at radius 1 is 1.04 bits per heavy atom. The molecule has 116 valence electrons. The number of rotatable bonds is 1. The van der Waals surface area contributed by atoms with E-state index in [-0.39, 0.29) is 11.8 Å². The summed E-state index contributed by atoms with van der Waals surface area (Å²) in [6.45, 7) is 0.843. The first kappa shape index (κ1) is 15.3. The van der Waals surface area contributed by atoms with Crippen molar-refractivity contribution in [1.82, 2.24) is 9.88 Å². The van der Waals surface area contributed by atoms with Crippen molar-refractivity contribution < 1.29 is 4.79 Å². The number of likely N-dealkylation sites (N-methyl/N-ethyl adjacent to an activating group) is 1. The summed E-state index contributed by atoms with van der Waals surface area (Å²) in [5.74, 6) is 6.30. The number of carbonyl (C=O) groups excluding carboxylic acids is 1. The largest absolute Gasteiger partial charge is 0.345 e. The number of hydrogen-bond acceptors (Lipinski definition) is 2. The summed E-state index contributed by atoms with van der Waals surface area (Å²) >= 11 is 0. The van der Waals surface area contributed by atoms with Gasteiger partial charge in [-0.15, -0.1) is 0 Å². The molecule has 1 fully saturated rings. The third-order valence-corrected chi connectivity index (χ3v) is 4.18. The summed E-state index contributed by atoms with van der Waals surface area (Å²) < 4.78 is 0. The molecule has 2 heterocycles. The van der Waals surface area contributed by atoms with E-state index in [1.165, 1.54) is 0 Å². The molecule has 1 aliphatic rings. The second-order valence-corrected chi connectivity index (χ2v) is 5.90. The molecule has 0 spiro atoms. The van der Waals surface area contributed by atoms with E-state index in [9.17, 15) is 4.79 Å². The van der Waals surface area contributed by atoms with Gasteiger partial charge in [-0.1, -0.05) is 36.5 Å². The van der Waals surface area contributed by atoms with Crippen molar-refractivity contribution in [3.63, 3.8) is 0 Å². The molecule has 0 bridgehead atoms. The van der Waals surface area contributed by atoms with Crippen LogP contribution < -0.4 is 0 Å². The van der Waals surface area contributed by atoms with Gasteiger partial charge in [0, 0.05) is 30.9 Å². The van der Waals surface area contributed by atoms with Crippen LogP contribution in [0.1, 0.15) is 42.0 Å². The standard InChI is InChI=1S/C20H20N2O/c1-22-14-6-5-9-18(20(22)23)19-13-12-17(15-21-19)11-10-16-7-3-2-4-8-16/h2-4,7-8,12-13,15,18H,5-6,9,14H2,1H3. The van der Waals surface area contributed by atoms with Crippen molar-refractivity contribution in [2.24, 2.45) is 0 Å². The van der Waals surface area contributed by atoms with Gasteiger partial charge >= 0.3 is 0 Å². The second-order valence-electron chi connectivity index (χ2n) is 5.90. The van der Waals surface area contributed by atoms with Crippen LogP contribution in [0.3, 0.4) is 0 Å². The summed E-state index contributed by atoms with van der Waals surface area (Å²) in [6, 6.07) is 13.8. The quantitative estimate of drug-likeness (QED) is 0.758. The van der Waals surface area contributed by atoms with Crippen molar-refractivity contribution in [1.29, 1.82) is 0 Å². The lowest BCUT2D eigenvalue weighted by molar-refractivity contribution is -0.131. The molecule has 1 aliphatic heterocycles. The Morgan fingerprint density at radius 3 is 2.57 bits per heavy atom. The van der Waals surface area contributed by atoms with Crippen molar-refractivity contribution >= 4 is 5.91 Å². The fraction of sp³-hybridized carbons (Fsp3) is 0.300. The number of carbonyl (C=O) groups is 1. The van der Waals surface area contributed by atoms with E-state index in [4.69, 9.17) is 0 Å². The highest BCUT2D eigenvalue weighted by atomic mass is 16.2. The number of nitrogens with zero attached hydrogens (tertiary/aromatic N) is 2. The zero-order chi connectivity index (χ0) is 16.1. The van der Waals surface area contributed by atoms with E-state index < -0.39 is 0 Å². The molecule has 1 aromatic heterocycles. The molecule has 23 heavy (non-hydrogen) atoms. The molecular formula is C20H20N2O. The van der Waals surface area contributed by atoms with E-state index >= 15 is 0 Å². The smallest absolute Gasteiger partial charge is 0.231 e. The van der Waals surface area contributed by atoms with Crippen LogP contribution >= 0.6 is 0 Å². The highest BCUT2D eigenvalue weighted by Crippen LogP contribution is 2.25. The summed E-state index contributed by atoms with van der Waals surface area (Å²) in [5.41, 5.74) is 2.71. The lowest BCUT2D eigenvalue weighted by Crippen LogP contribution is -2.30. The topological polar surface area (TPSA) is 33.2 Å². The summed E-state index contributed by atoms with van der Waals surface area (Å²) in [6.07, 6.45) is 4.78. The van der Waals surface area contributed by atoms with Gasteiger partial charge in [-0.25, -0.2) is 0 Å². The molecule has 1 aromatic carbocycles. The molecule has 0 saturated carbocycles. The van der Waals surface area contributed by atoms with Gasteiger partial charge in [-0.2, -0.15) is 0 Å². The van der Waals surface area contributed by atoms with Crippen molar-refractivity contribution in [2.45, 2.75) is 25.2 Å². The third-order valence-electron chi connectivity index (χ3n) is 4.18. The van der Waals surface area contributed by atoms with Gasteiger partial charge in [-0.05, 0) is 37.1 Å². The Morgan fingerprint density at radius 2 is 1.83 bits per heavy atom. The molecule has 3 rings (SSSR count). The molecular weight excluding hydrogens is 284 g/mol. The predicted molar refractivity (Wildman–Crippen MR) is 90.9 cm³/mol. The van der Waals surface area contributed by atoms with E-state index in [1.54, 1.807) is 6.20 Å². The summed E-state index contributed by atoms with van der Waals surface area (Å²) in [5, 5.41) is 0. The first-order valence-electron chi connectivity index (χ1n) is 8.02. The molecule has 1 atom stereocenters. The van der Waals surface area contributed by atoms with Gasteiger partial charge in [0.2, 0.25) is 5.91 Å². The zero-order valence-electron chi connectivity index (χ0n) is 13.3. The monoisotopic (exact) mass is 304 g/mol. The zero-order valence-corrected chi connectivity index (χ0v) is 13.3. The molecule has 1 saturated heterocycles. The number of aromatic nitrogens is 1. The molecule has 0 radical (unpaired) electrons. The molecule has 1 amide bonds. The van der Waals surface area contributed by atoms with Crippen LogP contribution in [0.25, 0.3) is 0 Å². The first-order valence-corrected chi connectivity index (χ1v) is 8.02. The van der Waals surface area contributed by atoms with Crippen LogP contribution in [0.15, 0.2) is 48.7 Å². The highest BCUT2D eigenvalue weighted by Gasteiger charge is 2.26. The lowest BCUT2D eigenvalue weighted by Gasteiger charge is -2.19. The maximum Gasteiger partial charge on any atom is 0.231 e. The Balaban J connectivity index is 1.77. The predicted octanol–water partition coefficient (Wildman–Crippen LogP) is 3.21. The minimum Gasteiger partial charge on any atom is -0.345 e. The Hall–Kier alpha value is -2.60. The first-order chi connectivity index (χ1) is 11.2. The summed E-state index contributed by atoms with van der Waals surface area (Å²) in [7, 11) is 1.88. The number of hydrogen-bond donors (Lipinski definition) is 0. The minimum absolute atomic E-state index is 0.112. The maximum absolute atomic E-state index is 12.4. The average Bonchev–Trinajstić information content (AvgIpc) is 2.76. The van der Waals surface area contributed by atoms with Crippen LogP contribution in [0, 0.1) is 11.8 Å². The molecule has 1 unspecified atom stereocenters. The summed E-state index contributed by atoms with van der Waals surface area (Å²) in [4.78, 5) is 18.7. The molecule has 3 heteroatoms. The van der Waals surface area contributed by atoms with Crippen LogP contribution in [0.2, 0.25) is 0 Å². The van der Waals surface area contributed by atoms with Crippen LogP contribution in [0.5, 0.6) is 0 Å². The van der Waals surface area contributed by atoms with Crippen molar-refractivity contribution in [2.75, 3.05) is 13.6 Å². The number of benzene rings is 1. The highest BCUT2D eigenvalue weighted by molar-refractivity contribution is 5.83. The molecule has 0 N–H and O–H groups in total. The van der Waals surface area contributed by atoms with Gasteiger partial charge < -0.3 is 4.90 Å². The van der Waals surface area contributed by atoms with E-state index in [0.717, 1.165) is 42.6 Å². The minimum atomic E-state index is -0.112. The van der Waals surface area contributed by atoms with E-state index in [0.29, 0.717) is 0 Å². The van der Waals surface area contributed by atoms with E-state index in [2.05, 4.69) is 16.8 Å². The fourth-order valence-corrected chi connectivity index (χ4v) is 2.82. The normalized spacial score (nSPS) is 18.0. The average molecular weight is 304 g/mol. The Bertz CT molecular complexity index is 726. The van der Waals surface area contributed by atoms with Gasteiger partial charge in [0.1, 0.15) is 0 Å². The number of likely N-dealkylation sites (tertiary alicyclic amines) is 1. The SMILES string of the molecule is CN1CCCCC(c2ccc(C#Cc3ccccc3)cn2)C1=O. The maximum atomic E-state index is 12.4. The third kappa shape index (κ3) is 3.78. The molecule has 0 aliphatic carbocycles. The van der Waals surface area contributed by atoms with Gasteiger partial charge in [-0.3, -0.25) is 9.78 Å². The Kier molecular flexibility index (Phi) is 4.73. The number of amides is 1. The molecule has 2 aromatic rings. The molecule has 3 nitrogen and oxygen atoms in total. The van der Waals surface area contributed by atoms with Crippen LogP contribution in [-0.4, -0.2) is 29.4 Å². The van der Waals surface area contributed by atoms with Gasteiger partial charge in [0.05, 0.1) is 11.6 Å². The number of pyridine rings is 1. The fourth-order valence-electron chi connectivity index (χ4n) is 2.82. The second kappa shape index (κ2) is 7.11. The van der Waals surface area contributed by atoms with E-state index in [1.807, 2.05) is 54.4 Å². The van der Waals surface area contributed by atoms with Crippen molar-refractivity contribution in [3.8, 4) is 11.8 Å². The lowest BCUT2D eigenvalue weighted by atomic mass is 9.97.